The molecule has 0 unspecified atom stereocenters. The molecule has 1 aromatic rings. The number of hydrogen-bond donors (Lipinski definition) is 2. The number of hydrogen-bond acceptors (Lipinski definition) is 4. The predicted molar refractivity (Wildman–Crippen MR) is 52.1 cm³/mol. The summed E-state index contributed by atoms with van der Waals surface area (Å²) in [6.45, 7) is 2.00. The third-order valence-electron chi connectivity index (χ3n) is 1.12. The number of alkyl halides is 1. The summed E-state index contributed by atoms with van der Waals surface area (Å²) in [5, 5.41) is 9.52. The van der Waals surface area contributed by atoms with Gasteiger partial charge in [-0.1, -0.05) is 18.7 Å². The predicted octanol–water partition coefficient (Wildman–Crippen LogP) is 1.09. The average Bonchev–Trinajstić information content (AvgIpc) is 2.53. The van der Waals surface area contributed by atoms with Gasteiger partial charge in [0.1, 0.15) is 5.88 Å². The lowest BCUT2D eigenvalue weighted by Gasteiger charge is -1.94. The first-order chi connectivity index (χ1) is 6.26. The van der Waals surface area contributed by atoms with Crippen LogP contribution < -0.4 is 5.32 Å². The van der Waals surface area contributed by atoms with Crippen LogP contribution in [0.1, 0.15) is 6.92 Å². The molecule has 1 heterocycles. The summed E-state index contributed by atoms with van der Waals surface area (Å²) in [4.78, 5) is 14.8. The van der Waals surface area contributed by atoms with Gasteiger partial charge in [0.15, 0.2) is 0 Å². The van der Waals surface area contributed by atoms with E-state index in [1.807, 2.05) is 6.92 Å². The van der Waals surface area contributed by atoms with Gasteiger partial charge < -0.3 is 0 Å². The maximum Gasteiger partial charge on any atom is 0.241 e. The van der Waals surface area contributed by atoms with Crippen LogP contribution in [0, 0.1) is 0 Å². The highest BCUT2D eigenvalue weighted by molar-refractivity contribution is 7.99. The largest absolute Gasteiger partial charge is 0.294 e. The van der Waals surface area contributed by atoms with Gasteiger partial charge in [-0.3, -0.25) is 10.1 Å². The average molecular weight is 221 g/mol. The highest BCUT2D eigenvalue weighted by Gasteiger charge is 2.05. The zero-order valence-electron chi connectivity index (χ0n) is 7.00. The van der Waals surface area contributed by atoms with E-state index in [1.165, 1.54) is 11.8 Å². The molecule has 0 fully saturated rings. The number of thioether (sulfide) groups is 1. The van der Waals surface area contributed by atoms with Gasteiger partial charge >= 0.3 is 0 Å². The Morgan fingerprint density at radius 1 is 1.77 bits per heavy atom. The first-order valence-electron chi connectivity index (χ1n) is 3.67. The Morgan fingerprint density at radius 2 is 2.54 bits per heavy atom. The summed E-state index contributed by atoms with van der Waals surface area (Å²) in [5.74, 6) is 0.838. The molecule has 1 aromatic heterocycles. The fourth-order valence-electron chi connectivity index (χ4n) is 0.661. The van der Waals surface area contributed by atoms with Crippen LogP contribution in [-0.2, 0) is 4.79 Å². The molecule has 0 atom stereocenters. The van der Waals surface area contributed by atoms with Crippen LogP contribution in [0.2, 0.25) is 0 Å². The van der Waals surface area contributed by atoms with Gasteiger partial charge in [0.05, 0.1) is 0 Å². The van der Waals surface area contributed by atoms with Crippen molar-refractivity contribution in [2.45, 2.75) is 12.1 Å². The molecule has 0 saturated heterocycles. The first kappa shape index (κ1) is 10.3. The monoisotopic (exact) mass is 220 g/mol. The summed E-state index contributed by atoms with van der Waals surface area (Å²) in [7, 11) is 0. The number of H-pyrrole nitrogens is 1. The maximum absolute atomic E-state index is 10.8. The molecule has 0 saturated carbocycles. The Balaban J connectivity index is 2.53. The fraction of sp³-hybridized carbons (Fsp3) is 0.500. The maximum atomic E-state index is 10.8. The topological polar surface area (TPSA) is 70.7 Å². The standard InChI is InChI=1S/C6H9ClN4OS/c1-2-13-6-9-5(10-11-6)8-4(12)3-7/h2-3H2,1H3,(H2,8,9,10,11,12). The van der Waals surface area contributed by atoms with Crippen molar-refractivity contribution in [1.29, 1.82) is 0 Å². The van der Waals surface area contributed by atoms with Crippen LogP contribution in [-0.4, -0.2) is 32.7 Å². The fourth-order valence-corrected chi connectivity index (χ4v) is 1.25. The molecule has 1 rings (SSSR count). The van der Waals surface area contributed by atoms with E-state index in [0.717, 1.165) is 5.75 Å². The Bertz CT molecular complexity index is 290. The number of aromatic nitrogens is 3. The van der Waals surface area contributed by atoms with E-state index >= 15 is 0 Å². The number of carbonyl (C=O) groups is 1. The lowest BCUT2D eigenvalue weighted by atomic mass is 10.7. The van der Waals surface area contributed by atoms with E-state index in [-0.39, 0.29) is 11.8 Å². The van der Waals surface area contributed by atoms with Crippen molar-refractivity contribution in [2.75, 3.05) is 16.9 Å². The van der Waals surface area contributed by atoms with Crippen molar-refractivity contribution in [2.24, 2.45) is 0 Å². The quantitative estimate of drug-likeness (QED) is 0.589. The van der Waals surface area contributed by atoms with Gasteiger partial charge in [-0.05, 0) is 5.75 Å². The number of nitrogens with one attached hydrogen (secondary N) is 2. The zero-order chi connectivity index (χ0) is 9.68. The second-order valence-electron chi connectivity index (χ2n) is 2.08. The van der Waals surface area contributed by atoms with Crippen molar-refractivity contribution in [3.05, 3.63) is 0 Å². The molecule has 0 spiro atoms. The molecule has 1 amide bonds. The van der Waals surface area contributed by atoms with E-state index in [2.05, 4.69) is 20.5 Å². The van der Waals surface area contributed by atoms with Crippen LogP contribution in [0.4, 0.5) is 5.95 Å². The molecular formula is C6H9ClN4OS. The first-order valence-corrected chi connectivity index (χ1v) is 5.19. The zero-order valence-corrected chi connectivity index (χ0v) is 8.58. The lowest BCUT2D eigenvalue weighted by Crippen LogP contribution is -2.13. The summed E-state index contributed by atoms with van der Waals surface area (Å²) in [5.41, 5.74) is 0. The molecule has 7 heteroatoms. The normalized spacial score (nSPS) is 10.0. The van der Waals surface area contributed by atoms with E-state index in [0.29, 0.717) is 11.1 Å². The highest BCUT2D eigenvalue weighted by Crippen LogP contribution is 2.12. The van der Waals surface area contributed by atoms with Gasteiger partial charge in [-0.2, -0.15) is 4.98 Å². The summed E-state index contributed by atoms with van der Waals surface area (Å²) in [6, 6.07) is 0. The van der Waals surface area contributed by atoms with Gasteiger partial charge in [0, 0.05) is 0 Å². The molecule has 0 aliphatic rings. The lowest BCUT2D eigenvalue weighted by molar-refractivity contribution is -0.114. The third-order valence-corrected chi connectivity index (χ3v) is 2.09. The number of carbonyl (C=O) groups excluding carboxylic acids is 1. The molecule has 72 valence electrons. The molecule has 0 radical (unpaired) electrons. The molecule has 2 N–H and O–H groups in total. The minimum atomic E-state index is -0.300. The molecule has 0 aromatic carbocycles. The number of nitrogens with zero attached hydrogens (tertiary/aromatic N) is 2. The van der Waals surface area contributed by atoms with E-state index in [9.17, 15) is 4.79 Å². The van der Waals surface area contributed by atoms with Crippen molar-refractivity contribution in [1.82, 2.24) is 15.2 Å². The van der Waals surface area contributed by atoms with Crippen LogP contribution >= 0.6 is 23.4 Å². The SMILES string of the molecule is CCSc1n[nH]c(NC(=O)CCl)n1. The minimum absolute atomic E-state index is 0.0864. The molecule has 5 nitrogen and oxygen atoms in total. The van der Waals surface area contributed by atoms with Crippen LogP contribution in [0.15, 0.2) is 5.16 Å². The molecule has 13 heavy (non-hydrogen) atoms. The van der Waals surface area contributed by atoms with Gasteiger partial charge in [0.25, 0.3) is 0 Å². The van der Waals surface area contributed by atoms with Crippen LogP contribution in [0.3, 0.4) is 0 Å². The van der Waals surface area contributed by atoms with Crippen LogP contribution in [0.5, 0.6) is 0 Å². The number of amides is 1. The van der Waals surface area contributed by atoms with E-state index in [1.54, 1.807) is 0 Å². The number of halogens is 1. The summed E-state index contributed by atoms with van der Waals surface area (Å²) in [6.07, 6.45) is 0. The van der Waals surface area contributed by atoms with Crippen molar-refractivity contribution in [3.8, 4) is 0 Å². The number of aromatic amines is 1. The van der Waals surface area contributed by atoms with E-state index < -0.39 is 0 Å². The van der Waals surface area contributed by atoms with Crippen molar-refractivity contribution < 1.29 is 4.79 Å². The van der Waals surface area contributed by atoms with Crippen LogP contribution in [0.25, 0.3) is 0 Å². The Morgan fingerprint density at radius 3 is 3.15 bits per heavy atom. The van der Waals surface area contributed by atoms with Crippen molar-refractivity contribution >= 4 is 35.2 Å². The van der Waals surface area contributed by atoms with E-state index in [4.69, 9.17) is 11.6 Å². The number of rotatable bonds is 4. The van der Waals surface area contributed by atoms with Crippen molar-refractivity contribution in [3.63, 3.8) is 0 Å². The molecular weight excluding hydrogens is 212 g/mol. The van der Waals surface area contributed by atoms with Gasteiger partial charge in [0.2, 0.25) is 17.0 Å². The minimum Gasteiger partial charge on any atom is -0.294 e. The van der Waals surface area contributed by atoms with Gasteiger partial charge in [-0.25, -0.2) is 5.10 Å². The number of anilines is 1. The van der Waals surface area contributed by atoms with Gasteiger partial charge in [-0.15, -0.1) is 16.7 Å². The second kappa shape index (κ2) is 5.08. The molecule has 0 aliphatic carbocycles. The highest BCUT2D eigenvalue weighted by atomic mass is 35.5. The Kier molecular flexibility index (Phi) is 4.04. The molecule has 0 aliphatic heterocycles. The summed E-state index contributed by atoms with van der Waals surface area (Å²) >= 11 is 6.78. The smallest absolute Gasteiger partial charge is 0.241 e. The third kappa shape index (κ3) is 3.23. The molecule has 0 bridgehead atoms. The second-order valence-corrected chi connectivity index (χ2v) is 3.58. The summed E-state index contributed by atoms with van der Waals surface area (Å²) < 4.78 is 0. The Hall–Kier alpha value is -0.750. The Labute approximate surface area is 84.6 Å².